The summed E-state index contributed by atoms with van der Waals surface area (Å²) in [6, 6.07) is 0. The normalized spacial score (nSPS) is 26.4. The molecule has 0 N–H and O–H groups in total. The van der Waals surface area contributed by atoms with Crippen molar-refractivity contribution in [2.24, 2.45) is 8.82 Å². The van der Waals surface area contributed by atoms with Gasteiger partial charge in [0.25, 0.3) is 0 Å². The van der Waals surface area contributed by atoms with E-state index < -0.39 is 63.8 Å². The van der Waals surface area contributed by atoms with Crippen molar-refractivity contribution in [2.75, 3.05) is 11.8 Å². The van der Waals surface area contributed by atoms with Crippen LogP contribution in [0.2, 0.25) is 118 Å². The molecule has 4 nitrogen and oxygen atoms in total. The van der Waals surface area contributed by atoms with Crippen LogP contribution >= 0.6 is 14.4 Å². The van der Waals surface area contributed by atoms with Crippen LogP contribution in [-0.2, 0) is 0 Å². The van der Waals surface area contributed by atoms with Gasteiger partial charge in [0.2, 0.25) is 0 Å². The van der Waals surface area contributed by atoms with Gasteiger partial charge >= 0.3 is 0 Å². The highest BCUT2D eigenvalue weighted by Gasteiger charge is 2.59. The first-order valence-corrected chi connectivity index (χ1v) is 37.2. The topological polar surface area (TPSA) is 31.2 Å². The molecule has 1 saturated heterocycles. The van der Waals surface area contributed by atoms with Crippen molar-refractivity contribution in [2.45, 2.75) is 118 Å². The van der Waals surface area contributed by atoms with E-state index in [-0.39, 0.29) is 0 Å². The van der Waals surface area contributed by atoms with Gasteiger partial charge in [0.15, 0.2) is 16.5 Å². The lowest BCUT2D eigenvalue weighted by atomic mass is 11.8. The summed E-state index contributed by atoms with van der Waals surface area (Å²) in [5.74, 6) is 2.69. The molecule has 0 aromatic heterocycles. The summed E-state index contributed by atoms with van der Waals surface area (Å²) in [4.78, 5) is 0. The predicted octanol–water partition coefficient (Wildman–Crippen LogP) is 9.76. The summed E-state index contributed by atoms with van der Waals surface area (Å²) >= 11 is 0. The van der Waals surface area contributed by atoms with Crippen molar-refractivity contribution in [1.29, 1.82) is 0 Å². The fourth-order valence-electron chi connectivity index (χ4n) is 6.52. The fraction of sp³-hybridized carbons (Fsp3) is 1.00. The molecule has 1 aliphatic heterocycles. The second-order valence-corrected chi connectivity index (χ2v) is 54.3. The molecule has 1 fully saturated rings. The van der Waals surface area contributed by atoms with Crippen LogP contribution in [0.15, 0.2) is 8.82 Å². The molecule has 0 spiro atoms. The van der Waals surface area contributed by atoms with Gasteiger partial charge in [-0.3, -0.25) is 0 Å². The summed E-state index contributed by atoms with van der Waals surface area (Å²) in [5, 5.41) is 0. The van der Waals surface area contributed by atoms with E-state index in [1.807, 2.05) is 0 Å². The van der Waals surface area contributed by atoms with Gasteiger partial charge in [-0.1, -0.05) is 118 Å². The first-order chi connectivity index (χ1) is 13.6. The average Bonchev–Trinajstić information content (AvgIpc) is 2.22. The third-order valence-electron chi connectivity index (χ3n) is 5.16. The van der Waals surface area contributed by atoms with Gasteiger partial charge in [0, 0.05) is 26.2 Å². The first kappa shape index (κ1) is 31.7. The Morgan fingerprint density at radius 2 is 0.594 bits per heavy atom. The maximum absolute atomic E-state index is 5.98. The molecule has 0 atom stereocenters. The highest BCUT2D eigenvalue weighted by atomic mass is 31.3. The van der Waals surface area contributed by atoms with Crippen molar-refractivity contribution in [3.8, 4) is 0 Å². The maximum Gasteiger partial charge on any atom is 0.172 e. The van der Waals surface area contributed by atoms with Crippen LogP contribution in [-0.4, -0.2) is 69.2 Å². The Morgan fingerprint density at radius 3 is 0.719 bits per heavy atom. The zero-order valence-electron chi connectivity index (χ0n) is 25.1. The third-order valence-corrected chi connectivity index (χ3v) is 46.5. The Hall–Kier alpha value is 1.68. The van der Waals surface area contributed by atoms with E-state index in [9.17, 15) is 0 Å². The molecule has 0 aliphatic carbocycles. The minimum atomic E-state index is -1.56. The van der Waals surface area contributed by atoms with Crippen molar-refractivity contribution >= 4 is 63.8 Å². The van der Waals surface area contributed by atoms with Crippen molar-refractivity contribution in [3.63, 3.8) is 0 Å². The van der Waals surface area contributed by atoms with E-state index in [4.69, 9.17) is 8.82 Å². The molecule has 0 aromatic rings. The van der Waals surface area contributed by atoms with Gasteiger partial charge < -0.3 is 16.8 Å². The van der Waals surface area contributed by atoms with E-state index in [2.05, 4.69) is 126 Å². The van der Waals surface area contributed by atoms with Crippen LogP contribution in [0.3, 0.4) is 0 Å². The summed E-state index contributed by atoms with van der Waals surface area (Å²) in [6.45, 7) is 46.0. The van der Waals surface area contributed by atoms with Gasteiger partial charge in [-0.15, -0.1) is 0 Å². The van der Waals surface area contributed by atoms with Crippen LogP contribution in [0, 0.1) is 0 Å². The monoisotopic (exact) mass is 584 g/mol. The lowest BCUT2D eigenvalue weighted by Gasteiger charge is -2.65. The summed E-state index contributed by atoms with van der Waals surface area (Å²) < 4.78 is 18.3. The molecule has 0 unspecified atom stereocenters. The average molecular weight is 585 g/mol. The Bertz CT molecular complexity index is 695. The maximum atomic E-state index is 5.98. The molecule has 1 heterocycles. The Kier molecular flexibility index (Phi) is 9.13. The van der Waals surface area contributed by atoms with Gasteiger partial charge in [-0.25, -0.2) is 0 Å². The lowest BCUT2D eigenvalue weighted by molar-refractivity contribution is 0.917. The molecule has 0 aromatic carbocycles. The minimum absolute atomic E-state index is 1.34. The standard InChI is InChI=1S/C20H58N4P2Si6/c1-27(2,3)21-25(23(29(7,8)9)30(10,11)12)19-26(20-25,22-28(4,5)6)24(31(13,14)15)32(16,17)18/h19-20H2,1-18H3. The Labute approximate surface area is 209 Å². The molecule has 32 heavy (non-hydrogen) atoms. The molecular weight excluding hydrogens is 527 g/mol. The van der Waals surface area contributed by atoms with Crippen LogP contribution in [0.1, 0.15) is 0 Å². The van der Waals surface area contributed by atoms with E-state index in [0.717, 1.165) is 0 Å². The SMILES string of the molecule is C[Si](C)(C)N=P1(N([Si](C)(C)C)[Si](C)(C)C)CP(=N[Si](C)(C)C)(N([Si](C)(C)C)[Si](C)(C)C)C1. The van der Waals surface area contributed by atoms with E-state index in [1.165, 1.54) is 11.8 Å². The summed E-state index contributed by atoms with van der Waals surface area (Å²) in [6.07, 6.45) is 0. The number of rotatable bonds is 8. The lowest BCUT2D eigenvalue weighted by Crippen LogP contribution is -2.63. The molecule has 0 bridgehead atoms. The van der Waals surface area contributed by atoms with Crippen molar-refractivity contribution in [1.82, 2.24) is 8.00 Å². The van der Waals surface area contributed by atoms with Gasteiger partial charge in [-0.05, 0) is 0 Å². The fourth-order valence-corrected chi connectivity index (χ4v) is 67.1. The highest BCUT2D eigenvalue weighted by Crippen LogP contribution is 2.86. The van der Waals surface area contributed by atoms with E-state index >= 15 is 0 Å². The largest absolute Gasteiger partial charge is 0.325 e. The summed E-state index contributed by atoms with van der Waals surface area (Å²) in [5.41, 5.74) is 0. The van der Waals surface area contributed by atoms with Gasteiger partial charge in [0.05, 0.1) is 0 Å². The van der Waals surface area contributed by atoms with Gasteiger partial charge in [-0.2, -0.15) is 0 Å². The zero-order chi connectivity index (χ0) is 26.0. The Morgan fingerprint density at radius 1 is 0.406 bits per heavy atom. The van der Waals surface area contributed by atoms with Crippen molar-refractivity contribution < 1.29 is 0 Å². The van der Waals surface area contributed by atoms with Crippen molar-refractivity contribution in [3.05, 3.63) is 0 Å². The van der Waals surface area contributed by atoms with Crippen LogP contribution in [0.4, 0.5) is 0 Å². The first-order valence-electron chi connectivity index (χ1n) is 12.4. The molecular formula is C20H58N4P2Si6. The molecule has 0 saturated carbocycles. The number of nitrogens with zero attached hydrogens (tertiary/aromatic N) is 4. The number of hydrogen-bond acceptors (Lipinski definition) is 2. The second-order valence-electron chi connectivity index (χ2n) is 15.9. The van der Waals surface area contributed by atoms with Gasteiger partial charge in [0.1, 0.15) is 32.9 Å². The predicted molar refractivity (Wildman–Crippen MR) is 172 cm³/mol. The molecule has 0 radical (unpaired) electrons. The molecule has 192 valence electrons. The van der Waals surface area contributed by atoms with Crippen LogP contribution in [0.5, 0.6) is 0 Å². The van der Waals surface area contributed by atoms with E-state index in [1.54, 1.807) is 0 Å². The highest BCUT2D eigenvalue weighted by molar-refractivity contribution is 7.99. The minimum Gasteiger partial charge on any atom is -0.325 e. The van der Waals surface area contributed by atoms with E-state index in [0.29, 0.717) is 0 Å². The second kappa shape index (κ2) is 9.21. The Balaban J connectivity index is 4.01. The van der Waals surface area contributed by atoms with Crippen LogP contribution < -0.4 is 0 Å². The zero-order valence-corrected chi connectivity index (χ0v) is 32.9. The smallest absolute Gasteiger partial charge is 0.172 e. The molecule has 0 amide bonds. The number of hydrogen-bond donors (Lipinski definition) is 0. The quantitative estimate of drug-likeness (QED) is 0.210. The molecule has 1 aliphatic rings. The molecule has 1 rings (SSSR count). The third kappa shape index (κ3) is 7.84. The molecule has 12 heteroatoms. The van der Waals surface area contributed by atoms with Crippen LogP contribution in [0.25, 0.3) is 0 Å². The summed E-state index contributed by atoms with van der Waals surface area (Å²) in [7, 11) is -12.2.